The van der Waals surface area contributed by atoms with Crippen molar-refractivity contribution in [3.63, 3.8) is 0 Å². The van der Waals surface area contributed by atoms with Crippen molar-refractivity contribution >= 4 is 0 Å². The third kappa shape index (κ3) is 6.75. The second-order valence-corrected chi connectivity index (χ2v) is 9.28. The maximum Gasteiger partial charge on any atom is 0.226 e. The molecule has 1 N–H and O–H groups in total. The van der Waals surface area contributed by atoms with Crippen LogP contribution in [-0.2, 0) is 16.6 Å². The van der Waals surface area contributed by atoms with Gasteiger partial charge in [0.2, 0.25) is 5.89 Å². The largest absolute Gasteiger partial charge is 0.441 e. The Morgan fingerprint density at radius 3 is 2.21 bits per heavy atom. The number of hydrogen-bond acceptors (Lipinski definition) is 4. The van der Waals surface area contributed by atoms with E-state index < -0.39 is 5.60 Å². The van der Waals surface area contributed by atoms with Crippen LogP contribution in [0.15, 0.2) is 28.7 Å². The van der Waals surface area contributed by atoms with Gasteiger partial charge in [-0.05, 0) is 63.1 Å². The molecule has 0 amide bonds. The molecule has 1 aromatic heterocycles. The Morgan fingerprint density at radius 1 is 0.964 bits per heavy atom. The molecule has 4 heteroatoms. The number of aryl methyl sites for hydroxylation is 2. The third-order valence-corrected chi connectivity index (χ3v) is 5.07. The molecule has 0 saturated heterocycles. The number of aromatic nitrogens is 1. The Hall–Kier alpha value is -1.65. The lowest BCUT2D eigenvalue weighted by molar-refractivity contribution is -0.0546. The minimum atomic E-state index is -0.431. The van der Waals surface area contributed by atoms with Crippen LogP contribution in [0.2, 0.25) is 0 Å². The average Bonchev–Trinajstić information content (AvgIpc) is 3.01. The van der Waals surface area contributed by atoms with Crippen LogP contribution in [0.1, 0.15) is 77.3 Å². The minimum Gasteiger partial charge on any atom is -0.441 e. The van der Waals surface area contributed by atoms with Gasteiger partial charge in [0.25, 0.3) is 0 Å². The predicted octanol–water partition coefficient (Wildman–Crippen LogP) is 5.84. The number of benzene rings is 1. The smallest absolute Gasteiger partial charge is 0.226 e. The first kappa shape index (κ1) is 22.6. The highest BCUT2D eigenvalue weighted by atomic mass is 16.5. The number of hydrogen-bond donors (Lipinski definition) is 1. The highest BCUT2D eigenvalue weighted by Gasteiger charge is 2.16. The summed E-state index contributed by atoms with van der Waals surface area (Å²) < 4.78 is 11.6. The molecule has 0 aliphatic rings. The van der Waals surface area contributed by atoms with E-state index in [4.69, 9.17) is 14.1 Å². The quantitative estimate of drug-likeness (QED) is 0.521. The number of rotatable bonds is 10. The molecule has 0 aliphatic heterocycles. The summed E-state index contributed by atoms with van der Waals surface area (Å²) in [5, 5.41) is 9.18. The van der Waals surface area contributed by atoms with E-state index >= 15 is 0 Å². The summed E-state index contributed by atoms with van der Waals surface area (Å²) in [5.74, 6) is 1.63. The van der Waals surface area contributed by atoms with Gasteiger partial charge >= 0.3 is 0 Å². The summed E-state index contributed by atoms with van der Waals surface area (Å²) in [6.45, 7) is 13.2. The summed E-state index contributed by atoms with van der Waals surface area (Å²) in [6.07, 6.45) is 5.33. The molecule has 0 radical (unpaired) electrons. The Kier molecular flexibility index (Phi) is 7.85. The Labute approximate surface area is 170 Å². The molecule has 0 aliphatic carbocycles. The molecule has 156 valence electrons. The predicted molar refractivity (Wildman–Crippen MR) is 115 cm³/mol. The number of oxazole rings is 1. The van der Waals surface area contributed by atoms with E-state index in [-0.39, 0.29) is 12.0 Å². The van der Waals surface area contributed by atoms with E-state index in [2.05, 4.69) is 45.0 Å². The van der Waals surface area contributed by atoms with E-state index in [9.17, 15) is 5.11 Å². The van der Waals surface area contributed by atoms with Crippen molar-refractivity contribution in [2.75, 3.05) is 13.2 Å². The monoisotopic (exact) mass is 387 g/mol. The first-order chi connectivity index (χ1) is 13.1. The molecule has 1 aromatic carbocycles. The zero-order chi connectivity index (χ0) is 20.8. The van der Waals surface area contributed by atoms with Gasteiger partial charge in [0.15, 0.2) is 0 Å². The molecule has 4 nitrogen and oxygen atoms in total. The number of unbranched alkanes of at least 4 members (excludes halogenated alkanes) is 3. The van der Waals surface area contributed by atoms with Crippen LogP contribution in [0.4, 0.5) is 0 Å². The van der Waals surface area contributed by atoms with Crippen LogP contribution in [0.25, 0.3) is 11.5 Å². The van der Waals surface area contributed by atoms with Crippen molar-refractivity contribution < 1.29 is 14.3 Å². The second kappa shape index (κ2) is 9.71. The summed E-state index contributed by atoms with van der Waals surface area (Å²) in [5.41, 5.74) is 3.12. The van der Waals surface area contributed by atoms with Crippen LogP contribution in [-0.4, -0.2) is 28.9 Å². The van der Waals surface area contributed by atoms with Gasteiger partial charge in [0, 0.05) is 12.2 Å². The van der Waals surface area contributed by atoms with Gasteiger partial charge in [-0.25, -0.2) is 4.98 Å². The van der Waals surface area contributed by atoms with Crippen molar-refractivity contribution in [3.05, 3.63) is 41.3 Å². The highest BCUT2D eigenvalue weighted by molar-refractivity contribution is 5.54. The van der Waals surface area contributed by atoms with Gasteiger partial charge in [0.05, 0.1) is 17.9 Å². The zero-order valence-electron chi connectivity index (χ0n) is 18.5. The molecular formula is C24H37NO3. The molecule has 28 heavy (non-hydrogen) atoms. The van der Waals surface area contributed by atoms with Gasteiger partial charge in [-0.1, -0.05) is 45.7 Å². The lowest BCUT2D eigenvalue weighted by atomic mass is 9.87. The van der Waals surface area contributed by atoms with Crippen molar-refractivity contribution in [3.8, 4) is 11.5 Å². The molecule has 0 bridgehead atoms. The normalized spacial score (nSPS) is 12.5. The highest BCUT2D eigenvalue weighted by Crippen LogP contribution is 2.27. The SMILES string of the molecule is Cc1oc(-c2ccc(C(C)(C)C)cc2)nc1CCCCCCOC(C)(C)CO. The van der Waals surface area contributed by atoms with Crippen LogP contribution in [0.3, 0.4) is 0 Å². The Morgan fingerprint density at radius 2 is 1.61 bits per heavy atom. The number of nitrogens with zero attached hydrogens (tertiary/aromatic N) is 1. The van der Waals surface area contributed by atoms with Gasteiger partial charge in [-0.3, -0.25) is 0 Å². The first-order valence-corrected chi connectivity index (χ1v) is 10.4. The third-order valence-electron chi connectivity index (χ3n) is 5.07. The Bertz CT molecular complexity index is 723. The van der Waals surface area contributed by atoms with Crippen molar-refractivity contribution in [1.82, 2.24) is 4.98 Å². The minimum absolute atomic E-state index is 0.0553. The maximum atomic E-state index is 9.18. The molecule has 2 rings (SSSR count). The number of ether oxygens (including phenoxy) is 1. The van der Waals surface area contributed by atoms with Crippen LogP contribution in [0.5, 0.6) is 0 Å². The van der Waals surface area contributed by atoms with Crippen LogP contribution < -0.4 is 0 Å². The summed E-state index contributed by atoms with van der Waals surface area (Å²) in [6, 6.07) is 8.52. The van der Waals surface area contributed by atoms with E-state index in [1.807, 2.05) is 20.8 Å². The molecule has 0 atom stereocenters. The van der Waals surface area contributed by atoms with Gasteiger partial charge in [-0.15, -0.1) is 0 Å². The maximum absolute atomic E-state index is 9.18. The fourth-order valence-corrected chi connectivity index (χ4v) is 3.04. The molecule has 1 heterocycles. The molecule has 0 saturated carbocycles. The lowest BCUT2D eigenvalue weighted by Crippen LogP contribution is -2.29. The van der Waals surface area contributed by atoms with Crippen molar-refractivity contribution in [2.24, 2.45) is 0 Å². The average molecular weight is 388 g/mol. The lowest BCUT2D eigenvalue weighted by Gasteiger charge is -2.22. The van der Waals surface area contributed by atoms with E-state index in [0.717, 1.165) is 49.1 Å². The molecule has 0 unspecified atom stereocenters. The summed E-state index contributed by atoms with van der Waals surface area (Å²) in [4.78, 5) is 4.73. The van der Waals surface area contributed by atoms with E-state index in [1.54, 1.807) is 0 Å². The van der Waals surface area contributed by atoms with Crippen LogP contribution >= 0.6 is 0 Å². The van der Waals surface area contributed by atoms with Gasteiger partial charge in [-0.2, -0.15) is 0 Å². The van der Waals surface area contributed by atoms with E-state index in [1.165, 1.54) is 5.56 Å². The van der Waals surface area contributed by atoms with Crippen molar-refractivity contribution in [2.45, 2.75) is 84.7 Å². The number of aliphatic hydroxyl groups excluding tert-OH is 1. The molecule has 0 fully saturated rings. The molecular weight excluding hydrogens is 350 g/mol. The summed E-state index contributed by atoms with van der Waals surface area (Å²) >= 11 is 0. The fraction of sp³-hybridized carbons (Fsp3) is 0.625. The molecule has 2 aromatic rings. The zero-order valence-corrected chi connectivity index (χ0v) is 18.5. The van der Waals surface area contributed by atoms with Gasteiger partial charge in [0.1, 0.15) is 5.76 Å². The standard InChI is InChI=1S/C24H37NO3/c1-18-21(11-9-7-8-10-16-27-24(5,6)17-26)25-22(28-18)19-12-14-20(15-13-19)23(2,3)4/h12-15,26H,7-11,16-17H2,1-6H3. The van der Waals surface area contributed by atoms with E-state index in [0.29, 0.717) is 12.5 Å². The van der Waals surface area contributed by atoms with Gasteiger partial charge < -0.3 is 14.3 Å². The second-order valence-electron chi connectivity index (χ2n) is 9.28. The number of aliphatic hydroxyl groups is 1. The Balaban J connectivity index is 1.79. The van der Waals surface area contributed by atoms with Crippen molar-refractivity contribution in [1.29, 1.82) is 0 Å². The topological polar surface area (TPSA) is 55.5 Å². The van der Waals surface area contributed by atoms with Crippen LogP contribution in [0, 0.1) is 6.92 Å². The first-order valence-electron chi connectivity index (χ1n) is 10.4. The molecule has 0 spiro atoms. The fourth-order valence-electron chi connectivity index (χ4n) is 3.04. The summed E-state index contributed by atoms with van der Waals surface area (Å²) in [7, 11) is 0.